The van der Waals surface area contributed by atoms with E-state index in [1.807, 2.05) is 19.9 Å². The molecule has 37 heavy (non-hydrogen) atoms. The molecule has 0 spiro atoms. The molecule has 1 unspecified atom stereocenters. The van der Waals surface area contributed by atoms with Gasteiger partial charge >= 0.3 is 5.97 Å². The van der Waals surface area contributed by atoms with E-state index in [1.54, 1.807) is 6.07 Å². The number of esters is 1. The average molecular weight is 515 g/mol. The molecule has 2 aliphatic rings. The summed E-state index contributed by atoms with van der Waals surface area (Å²) in [5.74, 6) is -0.650. The van der Waals surface area contributed by atoms with Crippen molar-refractivity contribution in [1.29, 1.82) is 5.26 Å². The lowest BCUT2D eigenvalue weighted by Gasteiger charge is -2.25. The highest BCUT2D eigenvalue weighted by Crippen LogP contribution is 2.42. The van der Waals surface area contributed by atoms with Gasteiger partial charge in [-0.1, -0.05) is 33.1 Å². The summed E-state index contributed by atoms with van der Waals surface area (Å²) in [6.45, 7) is 3.07. The molecule has 12 heteroatoms. The van der Waals surface area contributed by atoms with Crippen LogP contribution in [0.4, 0.5) is 5.82 Å². The molecule has 1 saturated carbocycles. The predicted octanol–water partition coefficient (Wildman–Crippen LogP) is 1.00. The zero-order chi connectivity index (χ0) is 26.7. The fourth-order valence-electron chi connectivity index (χ4n) is 5.09. The van der Waals surface area contributed by atoms with Gasteiger partial charge < -0.3 is 30.7 Å². The summed E-state index contributed by atoms with van der Waals surface area (Å²) in [6.07, 6.45) is 2.60. The fraction of sp³-hybridized carbons (Fsp3) is 0.640. The number of ether oxygens (including phenoxy) is 2. The van der Waals surface area contributed by atoms with Crippen molar-refractivity contribution in [3.8, 4) is 6.07 Å². The van der Waals surface area contributed by atoms with Crippen molar-refractivity contribution in [2.75, 3.05) is 11.9 Å². The summed E-state index contributed by atoms with van der Waals surface area (Å²) in [7, 11) is 0. The minimum absolute atomic E-state index is 0.0997. The molecule has 12 nitrogen and oxygen atoms in total. The first-order valence-electron chi connectivity index (χ1n) is 12.7. The Balaban J connectivity index is 1.60. The van der Waals surface area contributed by atoms with Crippen LogP contribution in [-0.4, -0.2) is 67.6 Å². The monoisotopic (exact) mass is 514 g/mol. The van der Waals surface area contributed by atoms with Crippen LogP contribution < -0.4 is 11.1 Å². The van der Waals surface area contributed by atoms with Crippen molar-refractivity contribution in [1.82, 2.24) is 14.6 Å². The van der Waals surface area contributed by atoms with Crippen LogP contribution in [0.3, 0.4) is 0 Å². The molecule has 2 aromatic rings. The van der Waals surface area contributed by atoms with Gasteiger partial charge in [0.1, 0.15) is 30.1 Å². The van der Waals surface area contributed by atoms with Crippen LogP contribution in [0.1, 0.15) is 58.1 Å². The van der Waals surface area contributed by atoms with Gasteiger partial charge in [0.25, 0.3) is 0 Å². The maximum Gasteiger partial charge on any atom is 0.306 e. The summed E-state index contributed by atoms with van der Waals surface area (Å²) in [4.78, 5) is 29.3. The van der Waals surface area contributed by atoms with Crippen molar-refractivity contribution < 1.29 is 29.3 Å². The Morgan fingerprint density at radius 3 is 2.73 bits per heavy atom. The number of hydrogen-bond acceptors (Lipinski definition) is 10. The number of anilines is 1. The molecule has 200 valence electrons. The number of aromatic nitrogens is 3. The van der Waals surface area contributed by atoms with Gasteiger partial charge in [0.2, 0.25) is 11.5 Å². The standard InChI is InChI=1S/C25H34N6O6/c1-14(2)20(27)24(35)30-23-16-8-9-18(31(16)29-13-28-23)25(12-26)22(34)21(17(11-32)37-25)36-19(33)10-15-6-4-3-5-7-15/h8-9,13-15,17,20-22,32,34H,3-7,10-11,27H2,1-2H3,(H,28,29,30,35)/t17-,20?,21-,22-,25+/m1/s1. The second-order valence-corrected chi connectivity index (χ2v) is 10.2. The molecule has 2 aromatic heterocycles. The van der Waals surface area contributed by atoms with Crippen LogP contribution in [0.15, 0.2) is 18.5 Å². The quantitative estimate of drug-likeness (QED) is 0.370. The average Bonchev–Trinajstić information content (AvgIpc) is 3.44. The number of amides is 1. The van der Waals surface area contributed by atoms with E-state index in [4.69, 9.17) is 15.2 Å². The number of hydrogen-bond donors (Lipinski definition) is 4. The third kappa shape index (κ3) is 5.17. The third-order valence-electron chi connectivity index (χ3n) is 7.32. The molecule has 0 radical (unpaired) electrons. The van der Waals surface area contributed by atoms with Gasteiger partial charge in [0.05, 0.1) is 18.3 Å². The summed E-state index contributed by atoms with van der Waals surface area (Å²) in [5.41, 5.74) is 4.41. The van der Waals surface area contributed by atoms with Crippen molar-refractivity contribution in [3.63, 3.8) is 0 Å². The number of aliphatic hydroxyl groups excluding tert-OH is 2. The van der Waals surface area contributed by atoms with Crippen LogP contribution >= 0.6 is 0 Å². The second kappa shape index (κ2) is 11.1. The van der Waals surface area contributed by atoms with Crippen molar-refractivity contribution >= 4 is 23.2 Å². The highest BCUT2D eigenvalue weighted by molar-refractivity contribution is 5.97. The van der Waals surface area contributed by atoms with E-state index in [-0.39, 0.29) is 29.8 Å². The Morgan fingerprint density at radius 2 is 2.08 bits per heavy atom. The van der Waals surface area contributed by atoms with Crippen molar-refractivity contribution in [2.24, 2.45) is 17.6 Å². The maximum absolute atomic E-state index is 12.7. The number of nitrogens with two attached hydrogens (primary N) is 1. The van der Waals surface area contributed by atoms with Gasteiger partial charge in [-0.3, -0.25) is 9.59 Å². The minimum Gasteiger partial charge on any atom is -0.457 e. The highest BCUT2D eigenvalue weighted by Gasteiger charge is 2.59. The number of nitrogens with one attached hydrogen (secondary N) is 1. The van der Waals surface area contributed by atoms with E-state index in [9.17, 15) is 25.1 Å². The minimum atomic E-state index is -2.00. The zero-order valence-electron chi connectivity index (χ0n) is 21.0. The largest absolute Gasteiger partial charge is 0.457 e. The smallest absolute Gasteiger partial charge is 0.306 e. The molecule has 1 saturated heterocycles. The van der Waals surface area contributed by atoms with E-state index < -0.39 is 48.4 Å². The van der Waals surface area contributed by atoms with E-state index in [1.165, 1.54) is 16.9 Å². The normalized spacial score (nSPS) is 27.2. The van der Waals surface area contributed by atoms with E-state index in [2.05, 4.69) is 15.4 Å². The van der Waals surface area contributed by atoms with E-state index in [0.29, 0.717) is 5.52 Å². The van der Waals surface area contributed by atoms with Gasteiger partial charge in [0.15, 0.2) is 11.9 Å². The summed E-state index contributed by atoms with van der Waals surface area (Å²) in [6, 6.07) is 4.32. The molecule has 0 bridgehead atoms. The molecular formula is C25H34N6O6. The lowest BCUT2D eigenvalue weighted by Crippen LogP contribution is -2.43. The Kier molecular flexibility index (Phi) is 8.08. The van der Waals surface area contributed by atoms with Gasteiger partial charge in [0, 0.05) is 6.42 Å². The summed E-state index contributed by atoms with van der Waals surface area (Å²) in [5, 5.41) is 38.2. The van der Waals surface area contributed by atoms with Crippen molar-refractivity contribution in [3.05, 3.63) is 24.2 Å². The topological polar surface area (TPSA) is 185 Å². The van der Waals surface area contributed by atoms with Crippen LogP contribution in [0.5, 0.6) is 0 Å². The SMILES string of the molecule is CC(C)C(N)C(=O)Nc1ncnn2c([C@]3(C#N)O[C@H](CO)[C@@H](OC(=O)CC4CCCCC4)[C@H]3O)ccc12. The van der Waals surface area contributed by atoms with Crippen LogP contribution in [0, 0.1) is 23.2 Å². The Labute approximate surface area is 214 Å². The van der Waals surface area contributed by atoms with E-state index in [0.717, 1.165) is 32.1 Å². The number of rotatable bonds is 8. The maximum atomic E-state index is 12.7. The molecule has 3 heterocycles. The number of fused-ring (bicyclic) bond motifs is 1. The number of nitriles is 1. The van der Waals surface area contributed by atoms with Gasteiger partial charge in [-0.15, -0.1) is 0 Å². The number of nitrogens with zero attached hydrogens (tertiary/aromatic N) is 4. The van der Waals surface area contributed by atoms with Crippen molar-refractivity contribution in [2.45, 2.75) is 82.3 Å². The summed E-state index contributed by atoms with van der Waals surface area (Å²) < 4.78 is 12.8. The third-order valence-corrected chi connectivity index (χ3v) is 7.32. The molecule has 5 N–H and O–H groups in total. The van der Waals surface area contributed by atoms with Crippen LogP contribution in [0.25, 0.3) is 5.52 Å². The predicted molar refractivity (Wildman–Crippen MR) is 131 cm³/mol. The number of carbonyl (C=O) groups is 2. The molecule has 5 atom stereocenters. The Morgan fingerprint density at radius 1 is 1.35 bits per heavy atom. The number of aliphatic hydroxyl groups is 2. The van der Waals surface area contributed by atoms with Gasteiger partial charge in [-0.05, 0) is 36.8 Å². The molecule has 1 aliphatic carbocycles. The first kappa shape index (κ1) is 26.9. The second-order valence-electron chi connectivity index (χ2n) is 10.2. The molecular weight excluding hydrogens is 480 g/mol. The fourth-order valence-corrected chi connectivity index (χ4v) is 5.09. The molecule has 0 aromatic carbocycles. The number of carbonyl (C=O) groups excluding carboxylic acids is 2. The summed E-state index contributed by atoms with van der Waals surface area (Å²) >= 11 is 0. The van der Waals surface area contributed by atoms with Crippen LogP contribution in [-0.2, 0) is 24.7 Å². The molecule has 1 aliphatic heterocycles. The van der Waals surface area contributed by atoms with Gasteiger partial charge in [-0.25, -0.2) is 9.50 Å². The molecule has 1 amide bonds. The van der Waals surface area contributed by atoms with E-state index >= 15 is 0 Å². The van der Waals surface area contributed by atoms with Crippen LogP contribution in [0.2, 0.25) is 0 Å². The lowest BCUT2D eigenvalue weighted by molar-refractivity contribution is -0.158. The van der Waals surface area contributed by atoms with Gasteiger partial charge in [-0.2, -0.15) is 10.4 Å². The lowest BCUT2D eigenvalue weighted by atomic mass is 9.87. The molecule has 2 fully saturated rings. The zero-order valence-corrected chi connectivity index (χ0v) is 21.0. The molecule has 4 rings (SSSR count). The first-order valence-corrected chi connectivity index (χ1v) is 12.7. The first-order chi connectivity index (χ1) is 17.7. The Bertz CT molecular complexity index is 1170. The Hall–Kier alpha value is -3.11. The highest BCUT2D eigenvalue weighted by atomic mass is 16.6.